The van der Waals surface area contributed by atoms with Crippen LogP contribution in [0, 0.1) is 0 Å². The van der Waals surface area contributed by atoms with Crippen molar-refractivity contribution in [3.8, 4) is 0 Å². The molecule has 0 aromatic carbocycles. The van der Waals surface area contributed by atoms with E-state index in [1.807, 2.05) is 0 Å². The minimum absolute atomic E-state index is 0.0231. The molecule has 0 aliphatic heterocycles. The van der Waals surface area contributed by atoms with E-state index in [0.717, 1.165) is 0 Å². The molecule has 1 aromatic heterocycles. The van der Waals surface area contributed by atoms with E-state index in [1.165, 1.54) is 18.4 Å². The fraction of sp³-hybridized carbons (Fsp3) is 0. The Labute approximate surface area is 72.5 Å². The molecule has 0 unspecified atom stereocenters. The minimum Gasteiger partial charge on any atom is -0.475 e. The molecule has 0 fully saturated rings. The van der Waals surface area contributed by atoms with E-state index in [0.29, 0.717) is 0 Å². The first-order chi connectivity index (χ1) is 5.80. The maximum Gasteiger partial charge on any atom is 0.466 e. The molecule has 0 saturated heterocycles. The standard InChI is InChI=1S/C5H4O3.H3O4P/c6-5(7)4-2-1-3-8-4;1-5(2,3)4/h1-3H,(H,6,7);(H3,1,2,3,4). The van der Waals surface area contributed by atoms with Gasteiger partial charge < -0.3 is 24.2 Å². The molecule has 13 heavy (non-hydrogen) atoms. The Morgan fingerprint density at radius 3 is 2.00 bits per heavy atom. The number of phosphoric acid groups is 1. The first-order valence-electron chi connectivity index (χ1n) is 2.86. The highest BCUT2D eigenvalue weighted by Gasteiger charge is 2.01. The Morgan fingerprint density at radius 2 is 1.85 bits per heavy atom. The molecular formula is C5H7O7P. The first kappa shape index (κ1) is 11.9. The number of furan rings is 1. The van der Waals surface area contributed by atoms with Crippen LogP contribution >= 0.6 is 7.82 Å². The van der Waals surface area contributed by atoms with Gasteiger partial charge in [-0.3, -0.25) is 0 Å². The fourth-order valence-corrected chi connectivity index (χ4v) is 0.400. The van der Waals surface area contributed by atoms with Gasteiger partial charge in [-0.15, -0.1) is 0 Å². The quantitative estimate of drug-likeness (QED) is 0.482. The van der Waals surface area contributed by atoms with Crippen molar-refractivity contribution in [1.29, 1.82) is 0 Å². The summed E-state index contributed by atoms with van der Waals surface area (Å²) in [6, 6.07) is 2.92. The number of hydrogen-bond acceptors (Lipinski definition) is 3. The number of carboxylic acid groups (broad SMARTS) is 1. The number of aromatic carboxylic acids is 1. The highest BCUT2D eigenvalue weighted by molar-refractivity contribution is 7.45. The number of rotatable bonds is 1. The van der Waals surface area contributed by atoms with Gasteiger partial charge in [0.2, 0.25) is 5.76 Å². The zero-order chi connectivity index (χ0) is 10.5. The van der Waals surface area contributed by atoms with E-state index >= 15 is 0 Å². The lowest BCUT2D eigenvalue weighted by Crippen LogP contribution is -1.90. The third kappa shape index (κ3) is 8.77. The summed E-state index contributed by atoms with van der Waals surface area (Å²) in [5.41, 5.74) is 0. The van der Waals surface area contributed by atoms with Gasteiger partial charge >= 0.3 is 13.8 Å². The number of carbonyl (C=O) groups is 1. The fourth-order valence-electron chi connectivity index (χ4n) is 0.400. The number of carboxylic acids is 1. The lowest BCUT2D eigenvalue weighted by Gasteiger charge is -1.82. The van der Waals surface area contributed by atoms with Crippen LogP contribution < -0.4 is 0 Å². The van der Waals surface area contributed by atoms with Crippen LogP contribution in [0.15, 0.2) is 22.8 Å². The maximum absolute atomic E-state index is 9.97. The summed E-state index contributed by atoms with van der Waals surface area (Å²) in [4.78, 5) is 31.5. The van der Waals surface area contributed by atoms with Gasteiger partial charge in [0.05, 0.1) is 6.26 Å². The minimum atomic E-state index is -4.64. The Hall–Kier alpha value is -1.14. The van der Waals surface area contributed by atoms with E-state index in [1.54, 1.807) is 0 Å². The Bertz CT molecular complexity index is 288. The molecule has 0 saturated carbocycles. The van der Waals surface area contributed by atoms with Crippen molar-refractivity contribution >= 4 is 13.8 Å². The van der Waals surface area contributed by atoms with Crippen LogP contribution in [0.2, 0.25) is 0 Å². The summed E-state index contributed by atoms with van der Waals surface area (Å²) in [5.74, 6) is -1.06. The monoisotopic (exact) mass is 210 g/mol. The van der Waals surface area contributed by atoms with Crippen LogP contribution in [0.1, 0.15) is 10.6 Å². The molecule has 1 aromatic rings. The van der Waals surface area contributed by atoms with Gasteiger partial charge in [0.25, 0.3) is 0 Å². The second-order valence-electron chi connectivity index (χ2n) is 1.80. The highest BCUT2D eigenvalue weighted by atomic mass is 31.2. The summed E-state index contributed by atoms with van der Waals surface area (Å²) in [7, 11) is -4.64. The van der Waals surface area contributed by atoms with Gasteiger partial charge in [0.15, 0.2) is 0 Å². The molecule has 4 N–H and O–H groups in total. The SMILES string of the molecule is O=C(O)c1ccco1.O=P(O)(O)O. The van der Waals surface area contributed by atoms with Crippen molar-refractivity contribution in [2.45, 2.75) is 0 Å². The van der Waals surface area contributed by atoms with E-state index < -0.39 is 13.8 Å². The molecule has 1 rings (SSSR count). The van der Waals surface area contributed by atoms with Crippen molar-refractivity contribution in [3.05, 3.63) is 24.2 Å². The highest BCUT2D eigenvalue weighted by Crippen LogP contribution is 2.25. The van der Waals surface area contributed by atoms with Gasteiger partial charge in [-0.05, 0) is 12.1 Å². The van der Waals surface area contributed by atoms with Crippen LogP contribution in [0.3, 0.4) is 0 Å². The molecule has 0 radical (unpaired) electrons. The van der Waals surface area contributed by atoms with Crippen molar-refractivity contribution in [2.24, 2.45) is 0 Å². The van der Waals surface area contributed by atoms with E-state index in [2.05, 4.69) is 4.42 Å². The topological polar surface area (TPSA) is 128 Å². The van der Waals surface area contributed by atoms with Crippen LogP contribution in [0.5, 0.6) is 0 Å². The molecule has 0 spiro atoms. The second kappa shape index (κ2) is 4.78. The van der Waals surface area contributed by atoms with E-state index in [9.17, 15) is 4.79 Å². The van der Waals surface area contributed by atoms with Crippen LogP contribution in [-0.4, -0.2) is 25.8 Å². The average Bonchev–Trinajstić information content (AvgIpc) is 2.31. The Balaban J connectivity index is 0.000000252. The van der Waals surface area contributed by atoms with Crippen molar-refractivity contribution in [1.82, 2.24) is 0 Å². The molecular weight excluding hydrogens is 203 g/mol. The maximum atomic E-state index is 9.97. The predicted octanol–water partition coefficient (Wildman–Crippen LogP) is 0.0492. The van der Waals surface area contributed by atoms with Gasteiger partial charge in [-0.2, -0.15) is 0 Å². The van der Waals surface area contributed by atoms with Gasteiger partial charge in [-0.25, -0.2) is 9.36 Å². The van der Waals surface area contributed by atoms with Crippen molar-refractivity contribution in [3.63, 3.8) is 0 Å². The third-order valence-electron chi connectivity index (χ3n) is 0.732. The molecule has 0 amide bonds. The average molecular weight is 210 g/mol. The summed E-state index contributed by atoms with van der Waals surface area (Å²) >= 11 is 0. The van der Waals surface area contributed by atoms with Crippen LogP contribution in [0.4, 0.5) is 0 Å². The molecule has 0 bridgehead atoms. The molecule has 0 aliphatic rings. The van der Waals surface area contributed by atoms with Crippen LogP contribution in [0.25, 0.3) is 0 Å². The summed E-state index contributed by atoms with van der Waals surface area (Å²) in [6.45, 7) is 0. The number of hydrogen-bond donors (Lipinski definition) is 4. The van der Waals surface area contributed by atoms with Gasteiger partial charge in [0.1, 0.15) is 0 Å². The largest absolute Gasteiger partial charge is 0.475 e. The first-order valence-corrected chi connectivity index (χ1v) is 4.42. The smallest absolute Gasteiger partial charge is 0.466 e. The van der Waals surface area contributed by atoms with Gasteiger partial charge in [0, 0.05) is 0 Å². The zero-order valence-corrected chi connectivity index (χ0v) is 7.09. The normalized spacial score (nSPS) is 10.1. The molecule has 7 nitrogen and oxygen atoms in total. The molecule has 1 heterocycles. The van der Waals surface area contributed by atoms with Crippen molar-refractivity contribution < 1.29 is 33.6 Å². The molecule has 8 heteroatoms. The summed E-state index contributed by atoms with van der Waals surface area (Å²) < 4.78 is 13.4. The summed E-state index contributed by atoms with van der Waals surface area (Å²) in [5, 5.41) is 8.18. The lowest BCUT2D eigenvalue weighted by molar-refractivity contribution is 0.0662. The Morgan fingerprint density at radius 1 is 1.38 bits per heavy atom. The Kier molecular flexibility index (Phi) is 4.36. The molecule has 0 atom stereocenters. The van der Waals surface area contributed by atoms with Gasteiger partial charge in [-0.1, -0.05) is 0 Å². The van der Waals surface area contributed by atoms with E-state index in [4.69, 9.17) is 24.4 Å². The second-order valence-corrected chi connectivity index (χ2v) is 2.82. The van der Waals surface area contributed by atoms with E-state index in [-0.39, 0.29) is 5.76 Å². The van der Waals surface area contributed by atoms with Crippen molar-refractivity contribution in [2.75, 3.05) is 0 Å². The molecule has 74 valence electrons. The lowest BCUT2D eigenvalue weighted by atomic mass is 10.5. The predicted molar refractivity (Wildman–Crippen MR) is 39.9 cm³/mol. The van der Waals surface area contributed by atoms with Crippen LogP contribution in [-0.2, 0) is 4.57 Å². The molecule has 0 aliphatic carbocycles. The zero-order valence-electron chi connectivity index (χ0n) is 6.19. The third-order valence-corrected chi connectivity index (χ3v) is 0.732. The summed E-state index contributed by atoms with van der Waals surface area (Å²) in [6.07, 6.45) is 1.32.